The molecular weight excluding hydrogens is 322 g/mol. The van der Waals surface area contributed by atoms with Crippen LogP contribution >= 0.6 is 15.9 Å². The molecule has 2 rings (SSSR count). The number of methoxy groups -OCH3 is 1. The monoisotopic (exact) mass is 339 g/mol. The Morgan fingerprint density at radius 2 is 2.40 bits per heavy atom. The molecule has 0 radical (unpaired) electrons. The molecule has 1 saturated heterocycles. The second-order valence-corrected chi connectivity index (χ2v) is 5.76. The number of amides is 1. The number of hydrogen-bond acceptors (Lipinski definition) is 3. The van der Waals surface area contributed by atoms with E-state index in [0.717, 1.165) is 22.2 Å². The van der Waals surface area contributed by atoms with E-state index in [1.165, 1.54) is 0 Å². The summed E-state index contributed by atoms with van der Waals surface area (Å²) in [5.74, 6) is 0.919. The fourth-order valence-electron chi connectivity index (χ4n) is 2.28. The van der Waals surface area contributed by atoms with Crippen molar-refractivity contribution in [3.63, 3.8) is 0 Å². The average molecular weight is 340 g/mol. The van der Waals surface area contributed by atoms with E-state index >= 15 is 0 Å². The third kappa shape index (κ3) is 3.61. The third-order valence-electron chi connectivity index (χ3n) is 3.45. The largest absolute Gasteiger partial charge is 0.496 e. The zero-order valence-corrected chi connectivity index (χ0v) is 13.0. The Morgan fingerprint density at radius 3 is 3.05 bits per heavy atom. The number of benzene rings is 1. The maximum atomic E-state index is 12.1. The van der Waals surface area contributed by atoms with Crippen LogP contribution in [0.3, 0.4) is 0 Å². The van der Waals surface area contributed by atoms with Gasteiger partial charge < -0.3 is 14.7 Å². The summed E-state index contributed by atoms with van der Waals surface area (Å²) in [5, 5.41) is 9.09. The predicted molar refractivity (Wildman–Crippen MR) is 81.5 cm³/mol. The number of carbonyl (C=O) groups excluding carboxylic acids is 1. The summed E-state index contributed by atoms with van der Waals surface area (Å²) in [5.41, 5.74) is 0.855. The van der Waals surface area contributed by atoms with Gasteiger partial charge in [0.1, 0.15) is 5.75 Å². The summed E-state index contributed by atoms with van der Waals surface area (Å²) in [6.07, 6.45) is 4.19. The number of likely N-dealkylation sites (tertiary alicyclic amines) is 1. The Balaban J connectivity index is 2.06. The van der Waals surface area contributed by atoms with Crippen molar-refractivity contribution in [2.75, 3.05) is 26.8 Å². The van der Waals surface area contributed by atoms with E-state index < -0.39 is 0 Å². The van der Waals surface area contributed by atoms with E-state index in [-0.39, 0.29) is 18.4 Å². The molecule has 1 unspecified atom stereocenters. The second-order valence-electron chi connectivity index (χ2n) is 4.84. The number of aliphatic hydroxyl groups excluding tert-OH is 1. The molecule has 1 amide bonds. The number of rotatable bonds is 4. The maximum Gasteiger partial charge on any atom is 0.246 e. The molecule has 1 heterocycles. The molecule has 4 nitrogen and oxygen atoms in total. The van der Waals surface area contributed by atoms with Crippen LogP contribution in [0, 0.1) is 5.92 Å². The molecule has 1 aromatic carbocycles. The fraction of sp³-hybridized carbons (Fsp3) is 0.400. The summed E-state index contributed by atoms with van der Waals surface area (Å²) >= 11 is 3.40. The molecule has 1 aliphatic rings. The summed E-state index contributed by atoms with van der Waals surface area (Å²) in [7, 11) is 1.61. The van der Waals surface area contributed by atoms with E-state index in [2.05, 4.69) is 15.9 Å². The minimum absolute atomic E-state index is 0.0250. The molecule has 1 aliphatic heterocycles. The first kappa shape index (κ1) is 15.1. The van der Waals surface area contributed by atoms with Gasteiger partial charge in [0.15, 0.2) is 0 Å². The van der Waals surface area contributed by atoms with Crippen LogP contribution in [-0.2, 0) is 4.79 Å². The number of halogens is 1. The first-order valence-corrected chi connectivity index (χ1v) is 7.34. The van der Waals surface area contributed by atoms with E-state index in [9.17, 15) is 4.79 Å². The molecule has 0 aromatic heterocycles. The van der Waals surface area contributed by atoms with Crippen LogP contribution in [-0.4, -0.2) is 42.7 Å². The van der Waals surface area contributed by atoms with Gasteiger partial charge in [-0.25, -0.2) is 0 Å². The lowest BCUT2D eigenvalue weighted by Crippen LogP contribution is -2.27. The molecule has 0 spiro atoms. The Hall–Kier alpha value is -1.33. The van der Waals surface area contributed by atoms with Crippen LogP contribution in [0.4, 0.5) is 0 Å². The van der Waals surface area contributed by atoms with Crippen LogP contribution in [0.5, 0.6) is 5.75 Å². The van der Waals surface area contributed by atoms with Crippen LogP contribution in [0.25, 0.3) is 6.08 Å². The van der Waals surface area contributed by atoms with Crippen molar-refractivity contribution in [2.24, 2.45) is 5.92 Å². The third-order valence-corrected chi connectivity index (χ3v) is 3.95. The number of carbonyl (C=O) groups is 1. The predicted octanol–water partition coefficient (Wildman–Crippen LogP) is 2.31. The second kappa shape index (κ2) is 6.90. The Bertz CT molecular complexity index is 516. The Morgan fingerprint density at radius 1 is 1.60 bits per heavy atom. The molecule has 1 aromatic rings. The van der Waals surface area contributed by atoms with E-state index in [1.54, 1.807) is 24.2 Å². The van der Waals surface area contributed by atoms with Crippen molar-refractivity contribution < 1.29 is 14.6 Å². The Kier molecular flexibility index (Phi) is 5.20. The number of ether oxygens (including phenoxy) is 1. The van der Waals surface area contributed by atoms with Crippen molar-refractivity contribution in [3.05, 3.63) is 34.3 Å². The van der Waals surface area contributed by atoms with Crippen molar-refractivity contribution in [1.82, 2.24) is 4.90 Å². The van der Waals surface area contributed by atoms with Gasteiger partial charge in [0.2, 0.25) is 5.91 Å². The summed E-state index contributed by atoms with van der Waals surface area (Å²) in [4.78, 5) is 13.8. The van der Waals surface area contributed by atoms with Gasteiger partial charge in [-0.15, -0.1) is 0 Å². The topological polar surface area (TPSA) is 49.8 Å². The number of hydrogen-bond donors (Lipinski definition) is 1. The van der Waals surface area contributed by atoms with Crippen LogP contribution in [0.1, 0.15) is 12.0 Å². The standard InChI is InChI=1S/C15H18BrNO3/c1-20-14-4-3-13(16)8-12(14)2-5-15(19)17-7-6-11(9-17)10-18/h2-5,8,11,18H,6-7,9-10H2,1H3/b5-2+. The minimum atomic E-state index is -0.0250. The molecule has 0 saturated carbocycles. The normalized spacial score (nSPS) is 18.8. The minimum Gasteiger partial charge on any atom is -0.496 e. The molecule has 1 atom stereocenters. The van der Waals surface area contributed by atoms with Crippen molar-refractivity contribution in [1.29, 1.82) is 0 Å². The smallest absolute Gasteiger partial charge is 0.246 e. The van der Waals surface area contributed by atoms with Gasteiger partial charge in [-0.3, -0.25) is 4.79 Å². The highest BCUT2D eigenvalue weighted by Crippen LogP contribution is 2.24. The molecule has 108 valence electrons. The van der Waals surface area contributed by atoms with Gasteiger partial charge in [-0.1, -0.05) is 15.9 Å². The first-order valence-electron chi connectivity index (χ1n) is 6.55. The highest BCUT2D eigenvalue weighted by Gasteiger charge is 2.24. The average Bonchev–Trinajstić information content (AvgIpc) is 2.94. The lowest BCUT2D eigenvalue weighted by atomic mass is 10.1. The van der Waals surface area contributed by atoms with E-state index in [1.807, 2.05) is 18.2 Å². The molecule has 5 heteroatoms. The Labute approximate surface area is 127 Å². The zero-order chi connectivity index (χ0) is 14.5. The molecule has 0 bridgehead atoms. The maximum absolute atomic E-state index is 12.1. The zero-order valence-electron chi connectivity index (χ0n) is 11.4. The lowest BCUT2D eigenvalue weighted by Gasteiger charge is -2.13. The van der Waals surface area contributed by atoms with E-state index in [4.69, 9.17) is 9.84 Å². The lowest BCUT2D eigenvalue weighted by molar-refractivity contribution is -0.125. The SMILES string of the molecule is COc1ccc(Br)cc1/C=C/C(=O)N1CCC(CO)C1. The highest BCUT2D eigenvalue weighted by atomic mass is 79.9. The molecule has 1 N–H and O–H groups in total. The molecular formula is C15H18BrNO3. The van der Waals surface area contributed by atoms with Crippen molar-refractivity contribution >= 4 is 27.9 Å². The van der Waals surface area contributed by atoms with Gasteiger partial charge in [-0.05, 0) is 30.7 Å². The van der Waals surface area contributed by atoms with Gasteiger partial charge in [0.05, 0.1) is 7.11 Å². The van der Waals surface area contributed by atoms with Gasteiger partial charge in [0.25, 0.3) is 0 Å². The number of nitrogens with zero attached hydrogens (tertiary/aromatic N) is 1. The quantitative estimate of drug-likeness (QED) is 0.856. The van der Waals surface area contributed by atoms with Gasteiger partial charge in [0, 0.05) is 41.7 Å². The summed E-state index contributed by atoms with van der Waals surface area (Å²) in [6, 6.07) is 5.65. The number of aliphatic hydroxyl groups is 1. The molecule has 20 heavy (non-hydrogen) atoms. The van der Waals surface area contributed by atoms with E-state index in [0.29, 0.717) is 13.1 Å². The van der Waals surface area contributed by atoms with Gasteiger partial charge in [-0.2, -0.15) is 0 Å². The molecule has 1 fully saturated rings. The van der Waals surface area contributed by atoms with Crippen LogP contribution in [0.15, 0.2) is 28.7 Å². The van der Waals surface area contributed by atoms with Crippen LogP contribution in [0.2, 0.25) is 0 Å². The summed E-state index contributed by atoms with van der Waals surface area (Å²) in [6.45, 7) is 1.49. The summed E-state index contributed by atoms with van der Waals surface area (Å²) < 4.78 is 6.20. The first-order chi connectivity index (χ1) is 9.63. The van der Waals surface area contributed by atoms with Crippen LogP contribution < -0.4 is 4.74 Å². The molecule has 0 aliphatic carbocycles. The fourth-order valence-corrected chi connectivity index (χ4v) is 2.66. The van der Waals surface area contributed by atoms with Crippen molar-refractivity contribution in [3.8, 4) is 5.75 Å². The van der Waals surface area contributed by atoms with Crippen molar-refractivity contribution in [2.45, 2.75) is 6.42 Å². The van der Waals surface area contributed by atoms with Gasteiger partial charge >= 0.3 is 0 Å². The highest BCUT2D eigenvalue weighted by molar-refractivity contribution is 9.10.